The smallest absolute Gasteiger partial charge is 0.241 e. The zero-order chi connectivity index (χ0) is 14.8. The molecule has 0 atom stereocenters. The number of benzene rings is 1. The summed E-state index contributed by atoms with van der Waals surface area (Å²) < 4.78 is 40.8. The predicted molar refractivity (Wildman–Crippen MR) is 73.7 cm³/mol. The van der Waals surface area contributed by atoms with Gasteiger partial charge in [-0.25, -0.2) is 17.5 Å². The Morgan fingerprint density at radius 2 is 1.95 bits per heavy atom. The van der Waals surface area contributed by atoms with Gasteiger partial charge >= 0.3 is 0 Å². The minimum Gasteiger partial charge on any atom is -0.326 e. The Bertz CT molecular complexity index is 568. The molecule has 4 nitrogen and oxygen atoms in total. The first-order valence-corrected chi connectivity index (χ1v) is 7.64. The van der Waals surface area contributed by atoms with Crippen molar-refractivity contribution in [2.24, 2.45) is 5.73 Å². The van der Waals surface area contributed by atoms with Crippen LogP contribution in [0.15, 0.2) is 17.0 Å². The van der Waals surface area contributed by atoms with Gasteiger partial charge in [0, 0.05) is 17.6 Å². The number of rotatable bonds is 5. The fraction of sp³-hybridized carbons (Fsp3) is 0.538. The normalized spacial score (nSPS) is 12.7. The Balaban J connectivity index is 3.26. The summed E-state index contributed by atoms with van der Waals surface area (Å²) in [4.78, 5) is 0.0494. The molecule has 0 aliphatic heterocycles. The van der Waals surface area contributed by atoms with Crippen molar-refractivity contribution in [3.8, 4) is 0 Å². The Kier molecular flexibility index (Phi) is 4.71. The molecule has 0 heterocycles. The second kappa shape index (κ2) is 5.56. The summed E-state index contributed by atoms with van der Waals surface area (Å²) in [7, 11) is -3.67. The molecule has 0 bridgehead atoms. The third-order valence-electron chi connectivity index (χ3n) is 3.13. The summed E-state index contributed by atoms with van der Waals surface area (Å²) in [5, 5.41) is 0. The average Bonchev–Trinajstić information content (AvgIpc) is 2.31. The van der Waals surface area contributed by atoms with E-state index in [1.165, 1.54) is 19.1 Å². The van der Waals surface area contributed by atoms with Gasteiger partial charge in [-0.3, -0.25) is 0 Å². The number of hydrogen-bond donors (Lipinski definition) is 2. The maximum Gasteiger partial charge on any atom is 0.241 e. The molecule has 0 fully saturated rings. The molecule has 0 saturated carbocycles. The topological polar surface area (TPSA) is 72.2 Å². The van der Waals surface area contributed by atoms with Crippen molar-refractivity contribution in [1.82, 2.24) is 4.72 Å². The van der Waals surface area contributed by atoms with Gasteiger partial charge in [-0.15, -0.1) is 0 Å². The number of aryl methyl sites for hydroxylation is 1. The molecule has 0 saturated heterocycles. The fourth-order valence-electron chi connectivity index (χ4n) is 1.61. The highest BCUT2D eigenvalue weighted by Crippen LogP contribution is 2.21. The van der Waals surface area contributed by atoms with Gasteiger partial charge in [0.05, 0.1) is 4.90 Å². The maximum atomic E-state index is 13.7. The number of sulfonamides is 1. The lowest BCUT2D eigenvalue weighted by Crippen LogP contribution is -2.42. The van der Waals surface area contributed by atoms with Crippen LogP contribution in [0.1, 0.15) is 38.3 Å². The van der Waals surface area contributed by atoms with Crippen LogP contribution in [-0.4, -0.2) is 14.0 Å². The Hall–Kier alpha value is -0.980. The average molecular weight is 288 g/mol. The Morgan fingerprint density at radius 3 is 2.42 bits per heavy atom. The number of hydrogen-bond acceptors (Lipinski definition) is 3. The van der Waals surface area contributed by atoms with E-state index in [4.69, 9.17) is 5.73 Å². The monoisotopic (exact) mass is 288 g/mol. The first kappa shape index (κ1) is 16.1. The van der Waals surface area contributed by atoms with Crippen molar-refractivity contribution >= 4 is 10.0 Å². The van der Waals surface area contributed by atoms with Crippen LogP contribution < -0.4 is 10.5 Å². The van der Waals surface area contributed by atoms with Gasteiger partial charge in [0.1, 0.15) is 5.82 Å². The second-order valence-corrected chi connectivity index (χ2v) is 6.94. The molecule has 0 aromatic heterocycles. The highest BCUT2D eigenvalue weighted by Gasteiger charge is 2.25. The van der Waals surface area contributed by atoms with Crippen molar-refractivity contribution in [2.75, 3.05) is 0 Å². The highest BCUT2D eigenvalue weighted by atomic mass is 32.2. The highest BCUT2D eigenvalue weighted by molar-refractivity contribution is 7.89. The lowest BCUT2D eigenvalue weighted by atomic mass is 10.0. The maximum absolute atomic E-state index is 13.7. The zero-order valence-electron chi connectivity index (χ0n) is 11.7. The molecule has 6 heteroatoms. The molecule has 0 amide bonds. The molecule has 1 rings (SSSR count). The van der Waals surface area contributed by atoms with E-state index in [9.17, 15) is 12.8 Å². The van der Waals surface area contributed by atoms with E-state index < -0.39 is 21.4 Å². The van der Waals surface area contributed by atoms with Crippen LogP contribution in [0.5, 0.6) is 0 Å². The summed E-state index contributed by atoms with van der Waals surface area (Å²) in [5.41, 5.74) is 5.36. The Morgan fingerprint density at radius 1 is 1.37 bits per heavy atom. The standard InChI is InChI=1S/C13H21FN2O2S/c1-5-13(3,4)16-19(17,18)11-6-9(2)12(14)10(7-11)8-15/h6-7,16H,5,8,15H2,1-4H3. The molecule has 0 aliphatic carbocycles. The van der Waals surface area contributed by atoms with E-state index in [0.29, 0.717) is 6.42 Å². The first-order chi connectivity index (χ1) is 8.63. The van der Waals surface area contributed by atoms with Crippen molar-refractivity contribution in [2.45, 2.75) is 51.1 Å². The van der Waals surface area contributed by atoms with Crippen molar-refractivity contribution < 1.29 is 12.8 Å². The number of nitrogens with one attached hydrogen (secondary N) is 1. The van der Waals surface area contributed by atoms with Gasteiger partial charge in [0.25, 0.3) is 0 Å². The molecule has 3 N–H and O–H groups in total. The molecular formula is C13H21FN2O2S. The number of nitrogens with two attached hydrogens (primary N) is 1. The summed E-state index contributed by atoms with van der Waals surface area (Å²) >= 11 is 0. The molecule has 0 unspecified atom stereocenters. The van der Waals surface area contributed by atoms with Gasteiger partial charge in [-0.1, -0.05) is 6.92 Å². The minimum absolute atomic E-state index is 0.0345. The minimum atomic E-state index is -3.67. The summed E-state index contributed by atoms with van der Waals surface area (Å²) in [5.74, 6) is -0.448. The third kappa shape index (κ3) is 3.75. The summed E-state index contributed by atoms with van der Waals surface area (Å²) in [6.45, 7) is 6.98. The molecule has 0 spiro atoms. The van der Waals surface area contributed by atoms with Crippen LogP contribution in [0, 0.1) is 12.7 Å². The van der Waals surface area contributed by atoms with Crippen LogP contribution in [0.3, 0.4) is 0 Å². The zero-order valence-corrected chi connectivity index (χ0v) is 12.6. The van der Waals surface area contributed by atoms with Crippen LogP contribution in [0.2, 0.25) is 0 Å². The van der Waals surface area contributed by atoms with Crippen molar-refractivity contribution in [3.63, 3.8) is 0 Å². The second-order valence-electron chi connectivity index (χ2n) is 5.26. The van der Waals surface area contributed by atoms with Crippen LogP contribution in [-0.2, 0) is 16.6 Å². The van der Waals surface area contributed by atoms with Gasteiger partial charge < -0.3 is 5.73 Å². The lowest BCUT2D eigenvalue weighted by Gasteiger charge is -2.24. The molecular weight excluding hydrogens is 267 g/mol. The van der Waals surface area contributed by atoms with Gasteiger partial charge in [-0.05, 0) is 44.9 Å². The molecule has 0 radical (unpaired) electrons. The van der Waals surface area contributed by atoms with Crippen molar-refractivity contribution in [1.29, 1.82) is 0 Å². The predicted octanol–water partition coefficient (Wildman–Crippen LogP) is 2.06. The fourth-order valence-corrected chi connectivity index (χ4v) is 3.22. The van der Waals surface area contributed by atoms with E-state index in [-0.39, 0.29) is 22.6 Å². The van der Waals surface area contributed by atoms with E-state index in [1.54, 1.807) is 13.8 Å². The number of halogens is 1. The summed E-state index contributed by atoms with van der Waals surface area (Å²) in [6, 6.07) is 2.61. The SMILES string of the molecule is CCC(C)(C)NS(=O)(=O)c1cc(C)c(F)c(CN)c1. The van der Waals surface area contributed by atoms with E-state index in [1.807, 2.05) is 6.92 Å². The molecule has 19 heavy (non-hydrogen) atoms. The van der Waals surface area contributed by atoms with E-state index in [0.717, 1.165) is 0 Å². The quantitative estimate of drug-likeness (QED) is 0.871. The van der Waals surface area contributed by atoms with E-state index >= 15 is 0 Å². The Labute approximate surface area is 114 Å². The van der Waals surface area contributed by atoms with Gasteiger partial charge in [-0.2, -0.15) is 0 Å². The van der Waals surface area contributed by atoms with Crippen LogP contribution >= 0.6 is 0 Å². The first-order valence-electron chi connectivity index (χ1n) is 6.16. The molecule has 1 aromatic carbocycles. The lowest BCUT2D eigenvalue weighted by molar-refractivity contribution is 0.439. The van der Waals surface area contributed by atoms with Crippen LogP contribution in [0.25, 0.3) is 0 Å². The van der Waals surface area contributed by atoms with Crippen LogP contribution in [0.4, 0.5) is 4.39 Å². The van der Waals surface area contributed by atoms with Gasteiger partial charge in [0.2, 0.25) is 10.0 Å². The third-order valence-corrected chi connectivity index (χ3v) is 4.81. The van der Waals surface area contributed by atoms with Gasteiger partial charge in [0.15, 0.2) is 0 Å². The van der Waals surface area contributed by atoms with Crippen molar-refractivity contribution in [3.05, 3.63) is 29.1 Å². The molecule has 1 aromatic rings. The molecule has 108 valence electrons. The summed E-state index contributed by atoms with van der Waals surface area (Å²) in [6.07, 6.45) is 0.649. The van der Waals surface area contributed by atoms with E-state index in [2.05, 4.69) is 4.72 Å². The molecule has 0 aliphatic rings. The largest absolute Gasteiger partial charge is 0.326 e.